The Bertz CT molecular complexity index is 277. The van der Waals surface area contributed by atoms with Gasteiger partial charge in [0, 0.05) is 13.2 Å². The minimum atomic E-state index is 0.411. The quantitative estimate of drug-likeness (QED) is 0.750. The highest BCUT2D eigenvalue weighted by molar-refractivity contribution is 5.32. The minimum absolute atomic E-state index is 0.411. The fourth-order valence-electron chi connectivity index (χ4n) is 1.74. The molecule has 0 aromatic heterocycles. The molecule has 1 aliphatic rings. The number of hydrogen-bond donors (Lipinski definition) is 1. The van der Waals surface area contributed by atoms with Crippen molar-refractivity contribution in [1.29, 1.82) is 0 Å². The second-order valence-corrected chi connectivity index (χ2v) is 3.56. The molecule has 0 amide bonds. The van der Waals surface area contributed by atoms with E-state index in [1.165, 1.54) is 0 Å². The van der Waals surface area contributed by atoms with Gasteiger partial charge in [0.15, 0.2) is 0 Å². The lowest BCUT2D eigenvalue weighted by molar-refractivity contribution is 0.185. The molecule has 0 spiro atoms. The van der Waals surface area contributed by atoms with Gasteiger partial charge >= 0.3 is 0 Å². The standard InChI is InChI=1S/C11H14O2/c12-11-4-2-1-3-10(11)7-9-5-6-13-8-9/h1-4,9,12H,5-8H2. The normalized spacial score (nSPS) is 22.0. The van der Waals surface area contributed by atoms with E-state index in [2.05, 4.69) is 0 Å². The van der Waals surface area contributed by atoms with E-state index in [1.807, 2.05) is 18.2 Å². The van der Waals surface area contributed by atoms with Gasteiger partial charge in [-0.2, -0.15) is 0 Å². The maximum atomic E-state index is 9.53. The van der Waals surface area contributed by atoms with Crippen LogP contribution in [0.25, 0.3) is 0 Å². The minimum Gasteiger partial charge on any atom is -0.508 e. The van der Waals surface area contributed by atoms with Crippen molar-refractivity contribution < 1.29 is 9.84 Å². The van der Waals surface area contributed by atoms with Crippen molar-refractivity contribution in [2.45, 2.75) is 12.8 Å². The predicted octanol–water partition coefficient (Wildman–Crippen LogP) is 1.97. The van der Waals surface area contributed by atoms with Crippen LogP contribution in [0.2, 0.25) is 0 Å². The van der Waals surface area contributed by atoms with Crippen LogP contribution in [0.1, 0.15) is 12.0 Å². The summed E-state index contributed by atoms with van der Waals surface area (Å²) in [5.41, 5.74) is 1.04. The summed E-state index contributed by atoms with van der Waals surface area (Å²) in [4.78, 5) is 0. The first-order valence-corrected chi connectivity index (χ1v) is 4.71. The highest BCUT2D eigenvalue weighted by Crippen LogP contribution is 2.23. The Hall–Kier alpha value is -1.02. The number of ether oxygens (including phenoxy) is 1. The lowest BCUT2D eigenvalue weighted by Crippen LogP contribution is -2.03. The molecule has 0 bridgehead atoms. The molecule has 1 unspecified atom stereocenters. The van der Waals surface area contributed by atoms with E-state index < -0.39 is 0 Å². The van der Waals surface area contributed by atoms with E-state index in [1.54, 1.807) is 6.07 Å². The van der Waals surface area contributed by atoms with Gasteiger partial charge in [-0.3, -0.25) is 0 Å². The maximum absolute atomic E-state index is 9.53. The molecule has 1 saturated heterocycles. The first-order chi connectivity index (χ1) is 6.36. The van der Waals surface area contributed by atoms with Crippen LogP contribution in [0.4, 0.5) is 0 Å². The van der Waals surface area contributed by atoms with Crippen molar-refractivity contribution in [1.82, 2.24) is 0 Å². The Morgan fingerprint density at radius 1 is 1.38 bits per heavy atom. The van der Waals surface area contributed by atoms with E-state index in [9.17, 15) is 5.11 Å². The first-order valence-electron chi connectivity index (χ1n) is 4.71. The highest BCUT2D eigenvalue weighted by Gasteiger charge is 2.16. The number of phenols is 1. The van der Waals surface area contributed by atoms with Crippen LogP contribution in [0.3, 0.4) is 0 Å². The molecule has 1 N–H and O–H groups in total. The van der Waals surface area contributed by atoms with Gasteiger partial charge in [-0.1, -0.05) is 18.2 Å². The second kappa shape index (κ2) is 3.79. The second-order valence-electron chi connectivity index (χ2n) is 3.56. The van der Waals surface area contributed by atoms with E-state index in [4.69, 9.17) is 4.74 Å². The van der Waals surface area contributed by atoms with Crippen molar-refractivity contribution in [3.05, 3.63) is 29.8 Å². The third-order valence-corrected chi connectivity index (χ3v) is 2.52. The summed E-state index contributed by atoms with van der Waals surface area (Å²) < 4.78 is 5.29. The lowest BCUT2D eigenvalue weighted by Gasteiger charge is -2.08. The van der Waals surface area contributed by atoms with E-state index >= 15 is 0 Å². The number of hydrogen-bond acceptors (Lipinski definition) is 2. The Morgan fingerprint density at radius 2 is 2.23 bits per heavy atom. The van der Waals surface area contributed by atoms with Crippen molar-refractivity contribution in [2.24, 2.45) is 5.92 Å². The van der Waals surface area contributed by atoms with Crippen LogP contribution in [-0.4, -0.2) is 18.3 Å². The van der Waals surface area contributed by atoms with Gasteiger partial charge in [-0.05, 0) is 30.4 Å². The summed E-state index contributed by atoms with van der Waals surface area (Å²) in [6, 6.07) is 7.54. The monoisotopic (exact) mass is 178 g/mol. The van der Waals surface area contributed by atoms with Crippen LogP contribution in [0, 0.1) is 5.92 Å². The Labute approximate surface area is 78.2 Å². The summed E-state index contributed by atoms with van der Waals surface area (Å²) in [7, 11) is 0. The van der Waals surface area contributed by atoms with Crippen molar-refractivity contribution in [3.63, 3.8) is 0 Å². The number of benzene rings is 1. The zero-order valence-electron chi connectivity index (χ0n) is 7.57. The maximum Gasteiger partial charge on any atom is 0.118 e. The Morgan fingerprint density at radius 3 is 2.92 bits per heavy atom. The van der Waals surface area contributed by atoms with Crippen molar-refractivity contribution >= 4 is 0 Å². The van der Waals surface area contributed by atoms with Gasteiger partial charge in [-0.25, -0.2) is 0 Å². The van der Waals surface area contributed by atoms with Crippen LogP contribution in [-0.2, 0) is 11.2 Å². The molecule has 1 aromatic carbocycles. The predicted molar refractivity (Wildman–Crippen MR) is 50.7 cm³/mol. The van der Waals surface area contributed by atoms with Crippen molar-refractivity contribution in [2.75, 3.05) is 13.2 Å². The first kappa shape index (κ1) is 8.57. The number of aromatic hydroxyl groups is 1. The molecule has 2 nitrogen and oxygen atoms in total. The molecule has 1 fully saturated rings. The van der Waals surface area contributed by atoms with Crippen LogP contribution in [0.15, 0.2) is 24.3 Å². The zero-order chi connectivity index (χ0) is 9.10. The zero-order valence-corrected chi connectivity index (χ0v) is 7.57. The van der Waals surface area contributed by atoms with Crippen LogP contribution < -0.4 is 0 Å². The van der Waals surface area contributed by atoms with Gasteiger partial charge in [0.1, 0.15) is 5.75 Å². The summed E-state index contributed by atoms with van der Waals surface area (Å²) in [5.74, 6) is 1.00. The van der Waals surface area contributed by atoms with Crippen molar-refractivity contribution in [3.8, 4) is 5.75 Å². The molecule has 70 valence electrons. The van der Waals surface area contributed by atoms with E-state index in [0.717, 1.165) is 31.6 Å². The molecule has 13 heavy (non-hydrogen) atoms. The van der Waals surface area contributed by atoms with Gasteiger partial charge in [0.25, 0.3) is 0 Å². The Kier molecular flexibility index (Phi) is 2.50. The third kappa shape index (κ3) is 2.01. The highest BCUT2D eigenvalue weighted by atomic mass is 16.5. The van der Waals surface area contributed by atoms with Gasteiger partial charge in [0.2, 0.25) is 0 Å². The molecule has 0 aliphatic carbocycles. The average molecular weight is 178 g/mol. The smallest absolute Gasteiger partial charge is 0.118 e. The number of phenolic OH excluding ortho intramolecular Hbond substituents is 1. The fourth-order valence-corrected chi connectivity index (χ4v) is 1.74. The molecular formula is C11H14O2. The van der Waals surface area contributed by atoms with E-state index in [-0.39, 0.29) is 0 Å². The number of para-hydroxylation sites is 1. The van der Waals surface area contributed by atoms with Gasteiger partial charge in [-0.15, -0.1) is 0 Å². The SMILES string of the molecule is Oc1ccccc1CC1CCOC1. The molecule has 1 aliphatic heterocycles. The molecule has 1 aromatic rings. The topological polar surface area (TPSA) is 29.5 Å². The molecule has 2 rings (SSSR count). The summed E-state index contributed by atoms with van der Waals surface area (Å²) in [5, 5.41) is 9.53. The van der Waals surface area contributed by atoms with Gasteiger partial charge < -0.3 is 9.84 Å². The molecule has 2 heteroatoms. The van der Waals surface area contributed by atoms with E-state index in [0.29, 0.717) is 11.7 Å². The largest absolute Gasteiger partial charge is 0.508 e. The average Bonchev–Trinajstić information content (AvgIpc) is 2.61. The lowest BCUT2D eigenvalue weighted by atomic mass is 9.98. The molecule has 1 atom stereocenters. The molecule has 1 heterocycles. The van der Waals surface area contributed by atoms with Crippen LogP contribution in [0.5, 0.6) is 5.75 Å². The fraction of sp³-hybridized carbons (Fsp3) is 0.455. The van der Waals surface area contributed by atoms with Gasteiger partial charge in [0.05, 0.1) is 0 Å². The molecule has 0 radical (unpaired) electrons. The molecular weight excluding hydrogens is 164 g/mol. The number of rotatable bonds is 2. The molecule has 0 saturated carbocycles. The Balaban J connectivity index is 2.04. The third-order valence-electron chi connectivity index (χ3n) is 2.52. The summed E-state index contributed by atoms with van der Waals surface area (Å²) >= 11 is 0. The summed E-state index contributed by atoms with van der Waals surface area (Å²) in [6.07, 6.45) is 2.06. The summed E-state index contributed by atoms with van der Waals surface area (Å²) in [6.45, 7) is 1.71. The van der Waals surface area contributed by atoms with Crippen LogP contribution >= 0.6 is 0 Å².